The predicted molar refractivity (Wildman–Crippen MR) is 147 cm³/mol. The Kier molecular flexibility index (Phi) is 8.42. The Bertz CT molecular complexity index is 1130. The van der Waals surface area contributed by atoms with Gasteiger partial charge in [0.1, 0.15) is 30.0 Å². The Morgan fingerprint density at radius 3 is 1.52 bits per heavy atom. The van der Waals surface area contributed by atoms with Gasteiger partial charge in [0.05, 0.1) is 6.61 Å². The zero-order chi connectivity index (χ0) is 28.4. The van der Waals surface area contributed by atoms with Gasteiger partial charge in [-0.2, -0.15) is 0 Å². The Morgan fingerprint density at radius 1 is 0.700 bits per heavy atom. The number of hydrogen-bond acceptors (Lipinski definition) is 8. The lowest BCUT2D eigenvalue weighted by Crippen LogP contribution is -2.73. The van der Waals surface area contributed by atoms with E-state index in [0.29, 0.717) is 0 Å². The molecule has 0 radical (unpaired) electrons. The van der Waals surface area contributed by atoms with Crippen LogP contribution in [0.4, 0.5) is 0 Å². The Hall–Kier alpha value is -2.66. The molecule has 2 aliphatic rings. The van der Waals surface area contributed by atoms with Crippen LogP contribution < -0.4 is 0 Å². The van der Waals surface area contributed by atoms with Gasteiger partial charge in [-0.15, -0.1) is 0 Å². The molecule has 0 bridgehead atoms. The minimum atomic E-state index is -1.30. The number of methoxy groups -OCH3 is 3. The largest absolute Gasteiger partial charge is 0.385 e. The molecule has 2 fully saturated rings. The lowest BCUT2D eigenvalue weighted by Gasteiger charge is -2.56. The number of aliphatic hydroxyl groups is 1. The van der Waals surface area contributed by atoms with E-state index >= 15 is 0 Å². The van der Waals surface area contributed by atoms with Gasteiger partial charge in [-0.3, -0.25) is 0 Å². The first kappa shape index (κ1) is 28.9. The van der Waals surface area contributed by atoms with E-state index in [1.54, 1.807) is 13.8 Å². The van der Waals surface area contributed by atoms with Crippen molar-refractivity contribution < 1.29 is 38.3 Å². The molecule has 0 spiro atoms. The van der Waals surface area contributed by atoms with Gasteiger partial charge in [-0.25, -0.2) is 0 Å². The van der Waals surface area contributed by atoms with Crippen molar-refractivity contribution in [2.75, 3.05) is 27.9 Å². The molecule has 0 aliphatic carbocycles. The van der Waals surface area contributed by atoms with Gasteiger partial charge >= 0.3 is 0 Å². The number of aliphatic hydroxyl groups excluding tert-OH is 1. The van der Waals surface area contributed by atoms with Crippen LogP contribution in [0, 0.1) is 0 Å². The number of rotatable bonds is 9. The van der Waals surface area contributed by atoms with E-state index in [1.807, 2.05) is 54.6 Å². The fourth-order valence-corrected chi connectivity index (χ4v) is 5.68. The second-order valence-corrected chi connectivity index (χ2v) is 10.3. The monoisotopic (exact) mass is 550 g/mol. The van der Waals surface area contributed by atoms with Crippen molar-refractivity contribution in [1.82, 2.24) is 0 Å². The highest BCUT2D eigenvalue weighted by Crippen LogP contribution is 2.45. The van der Waals surface area contributed by atoms with Crippen LogP contribution in [-0.2, 0) is 38.8 Å². The molecule has 5 rings (SSSR count). The van der Waals surface area contributed by atoms with Crippen LogP contribution in [0.15, 0.2) is 91.0 Å². The summed E-state index contributed by atoms with van der Waals surface area (Å²) in [6, 6.07) is 30.3. The minimum absolute atomic E-state index is 0.0826. The SMILES string of the molecule is CO[C@H]1O[C@H](COC(c2ccccc2)(c2ccccc2)c2ccccc2)[C@H]2O[C@](C)(OC)[C@@](C)(OC)O[C@@H]2[C@H]1O. The van der Waals surface area contributed by atoms with Gasteiger partial charge in [-0.1, -0.05) is 91.0 Å². The van der Waals surface area contributed by atoms with Crippen molar-refractivity contribution in [3.05, 3.63) is 108 Å². The molecule has 0 unspecified atom stereocenters. The van der Waals surface area contributed by atoms with E-state index in [1.165, 1.54) is 21.3 Å². The van der Waals surface area contributed by atoms with E-state index in [0.717, 1.165) is 16.7 Å². The number of benzene rings is 3. The molecule has 0 saturated carbocycles. The molecular weight excluding hydrogens is 512 g/mol. The summed E-state index contributed by atoms with van der Waals surface area (Å²) in [4.78, 5) is 0. The summed E-state index contributed by atoms with van der Waals surface area (Å²) in [5, 5.41) is 11.1. The van der Waals surface area contributed by atoms with Crippen molar-refractivity contribution in [1.29, 1.82) is 0 Å². The van der Waals surface area contributed by atoms with Gasteiger partial charge in [0.25, 0.3) is 0 Å². The molecule has 40 heavy (non-hydrogen) atoms. The Labute approximate surface area is 235 Å². The summed E-state index contributed by atoms with van der Waals surface area (Å²) in [7, 11) is 4.51. The highest BCUT2D eigenvalue weighted by Gasteiger charge is 2.62. The minimum Gasteiger partial charge on any atom is -0.385 e. The lowest BCUT2D eigenvalue weighted by molar-refractivity contribution is -0.479. The summed E-state index contributed by atoms with van der Waals surface area (Å²) in [5.74, 6) is -2.59. The molecule has 0 amide bonds. The van der Waals surface area contributed by atoms with Crippen molar-refractivity contribution in [3.8, 4) is 0 Å². The number of fused-ring (bicyclic) bond motifs is 1. The Balaban J connectivity index is 1.57. The lowest BCUT2D eigenvalue weighted by atomic mass is 9.80. The highest BCUT2D eigenvalue weighted by atomic mass is 16.8. The highest BCUT2D eigenvalue weighted by molar-refractivity contribution is 5.47. The van der Waals surface area contributed by atoms with E-state index in [4.69, 9.17) is 33.2 Å². The van der Waals surface area contributed by atoms with Crippen LogP contribution in [0.1, 0.15) is 30.5 Å². The molecule has 8 heteroatoms. The first-order chi connectivity index (χ1) is 19.3. The van der Waals surface area contributed by atoms with Gasteiger partial charge < -0.3 is 38.3 Å². The topological polar surface area (TPSA) is 84.8 Å². The maximum Gasteiger partial charge on any atom is 0.220 e. The zero-order valence-corrected chi connectivity index (χ0v) is 23.6. The fraction of sp³-hybridized carbons (Fsp3) is 0.438. The van der Waals surface area contributed by atoms with Crippen LogP contribution in [0.25, 0.3) is 0 Å². The van der Waals surface area contributed by atoms with Crippen LogP contribution in [0.2, 0.25) is 0 Å². The molecule has 1 N–H and O–H groups in total. The molecule has 3 aromatic carbocycles. The molecular formula is C32H38O8. The maximum absolute atomic E-state index is 11.1. The number of hydrogen-bond donors (Lipinski definition) is 1. The van der Waals surface area contributed by atoms with Crippen LogP contribution >= 0.6 is 0 Å². The summed E-state index contributed by atoms with van der Waals surface area (Å²) in [6.45, 7) is 3.54. The van der Waals surface area contributed by atoms with E-state index < -0.39 is 47.9 Å². The summed E-state index contributed by atoms with van der Waals surface area (Å²) < 4.78 is 43.1. The number of ether oxygens (including phenoxy) is 7. The van der Waals surface area contributed by atoms with E-state index in [-0.39, 0.29) is 6.61 Å². The first-order valence-corrected chi connectivity index (χ1v) is 13.4. The van der Waals surface area contributed by atoms with Crippen LogP contribution in [-0.4, -0.2) is 75.3 Å². The van der Waals surface area contributed by atoms with Gasteiger partial charge in [0.2, 0.25) is 11.6 Å². The third-order valence-corrected chi connectivity index (χ3v) is 8.18. The molecule has 2 saturated heterocycles. The molecule has 8 nitrogen and oxygen atoms in total. The maximum atomic E-state index is 11.1. The van der Waals surface area contributed by atoms with Crippen LogP contribution in [0.3, 0.4) is 0 Å². The second kappa shape index (κ2) is 11.7. The predicted octanol–water partition coefficient (Wildman–Crippen LogP) is 4.24. The van der Waals surface area contributed by atoms with E-state index in [2.05, 4.69) is 36.4 Å². The van der Waals surface area contributed by atoms with Gasteiger partial charge in [-0.05, 0) is 30.5 Å². The molecule has 3 aromatic rings. The molecule has 0 aromatic heterocycles. The third kappa shape index (κ3) is 4.89. The second-order valence-electron chi connectivity index (χ2n) is 10.3. The molecule has 214 valence electrons. The first-order valence-electron chi connectivity index (χ1n) is 13.4. The van der Waals surface area contributed by atoms with Gasteiger partial charge in [0.15, 0.2) is 6.29 Å². The average Bonchev–Trinajstić information content (AvgIpc) is 3.01. The van der Waals surface area contributed by atoms with Crippen molar-refractivity contribution in [2.45, 2.75) is 61.7 Å². The van der Waals surface area contributed by atoms with E-state index in [9.17, 15) is 5.11 Å². The molecule has 7 atom stereocenters. The Morgan fingerprint density at radius 2 is 1.12 bits per heavy atom. The average molecular weight is 551 g/mol. The van der Waals surface area contributed by atoms with Crippen molar-refractivity contribution >= 4 is 0 Å². The smallest absolute Gasteiger partial charge is 0.220 e. The summed E-state index contributed by atoms with van der Waals surface area (Å²) >= 11 is 0. The zero-order valence-electron chi connectivity index (χ0n) is 23.6. The van der Waals surface area contributed by atoms with Crippen molar-refractivity contribution in [3.63, 3.8) is 0 Å². The van der Waals surface area contributed by atoms with Gasteiger partial charge in [0, 0.05) is 21.3 Å². The molecule has 2 heterocycles. The normalized spacial score (nSPS) is 32.4. The molecule has 2 aliphatic heterocycles. The quantitative estimate of drug-likeness (QED) is 0.396. The fourth-order valence-electron chi connectivity index (χ4n) is 5.68. The standard InChI is InChI=1S/C32H38O8/c1-30(35-4)31(2,36-5)40-28-26(33)29(34-3)38-25(27(28)39-30)21-37-32(22-15-9-6-10-16-22,23-17-11-7-12-18-23)24-19-13-8-14-20-24/h6-20,25-29,33H,21H2,1-5H3/t25-,26-,27-,28-,29+,30+,31+/m1/s1. The summed E-state index contributed by atoms with van der Waals surface area (Å²) in [5.41, 5.74) is 1.90. The van der Waals surface area contributed by atoms with Crippen LogP contribution in [0.5, 0.6) is 0 Å². The summed E-state index contributed by atoms with van der Waals surface area (Å²) in [6.07, 6.45) is -4.38. The van der Waals surface area contributed by atoms with Crippen molar-refractivity contribution in [2.24, 2.45) is 0 Å². The third-order valence-electron chi connectivity index (χ3n) is 8.18.